The number of halogens is 3. The molecule has 1 aromatic heterocycles. The van der Waals surface area contributed by atoms with Crippen molar-refractivity contribution in [1.29, 1.82) is 0 Å². The van der Waals surface area contributed by atoms with Crippen molar-refractivity contribution in [3.05, 3.63) is 23.4 Å². The molecule has 0 N–H and O–H groups in total. The number of alkyl halides is 3. The molecule has 2 nitrogen and oxygen atoms in total. The number of hydrogen-bond donors (Lipinski definition) is 0. The summed E-state index contributed by atoms with van der Waals surface area (Å²) in [6.45, 7) is 4.45. The molecule has 0 amide bonds. The van der Waals surface area contributed by atoms with Gasteiger partial charge in [0.2, 0.25) is 0 Å². The third-order valence-electron chi connectivity index (χ3n) is 1.56. The predicted molar refractivity (Wildman–Crippen MR) is 43.2 cm³/mol. The molecule has 0 bridgehead atoms. The molecule has 70 valence electrons. The van der Waals surface area contributed by atoms with Gasteiger partial charge in [0.05, 0.1) is 5.56 Å². The topological polar surface area (TPSA) is 25.2 Å². The van der Waals surface area contributed by atoms with E-state index in [0.717, 1.165) is 12.3 Å². The van der Waals surface area contributed by atoms with Gasteiger partial charge in [-0.2, -0.15) is 13.2 Å². The van der Waals surface area contributed by atoms with E-state index >= 15 is 0 Å². The summed E-state index contributed by atoms with van der Waals surface area (Å²) in [6, 6.07) is 0.877. The molecule has 0 aliphatic rings. The first-order valence-corrected chi connectivity index (χ1v) is 3.45. The Hall–Kier alpha value is -1.39. The van der Waals surface area contributed by atoms with Gasteiger partial charge in [-0.1, -0.05) is 0 Å². The number of aryl methyl sites for hydroxylation is 1. The second-order valence-corrected chi connectivity index (χ2v) is 2.51. The van der Waals surface area contributed by atoms with Crippen LogP contribution < -0.4 is 0 Å². The number of aromatic nitrogens is 1. The first kappa shape index (κ1) is 9.70. The van der Waals surface area contributed by atoms with Crippen molar-refractivity contribution in [3.63, 3.8) is 0 Å². The van der Waals surface area contributed by atoms with E-state index in [0.29, 0.717) is 0 Å². The Morgan fingerprint density at radius 1 is 1.46 bits per heavy atom. The number of aliphatic imine (C=N–C) groups is 1. The van der Waals surface area contributed by atoms with Gasteiger partial charge in [0.1, 0.15) is 0 Å². The van der Waals surface area contributed by atoms with Crippen molar-refractivity contribution in [2.45, 2.75) is 13.1 Å². The highest BCUT2D eigenvalue weighted by Crippen LogP contribution is 2.32. The van der Waals surface area contributed by atoms with Crippen LogP contribution in [0.25, 0.3) is 0 Å². The molecule has 1 rings (SSSR count). The summed E-state index contributed by atoms with van der Waals surface area (Å²) in [5, 5.41) is 0. The maximum atomic E-state index is 12.3. The summed E-state index contributed by atoms with van der Waals surface area (Å²) in [5.74, 6) is -0.0158. The van der Waals surface area contributed by atoms with Crippen LogP contribution in [0.5, 0.6) is 0 Å². The Balaban J connectivity index is 3.27. The predicted octanol–water partition coefficient (Wildman–Crippen LogP) is 2.74. The zero-order chi connectivity index (χ0) is 10.1. The minimum absolute atomic E-state index is 0.0158. The molecule has 0 radical (unpaired) electrons. The minimum Gasteiger partial charge on any atom is -0.245 e. The van der Waals surface area contributed by atoms with Gasteiger partial charge in [0.25, 0.3) is 0 Å². The molecule has 1 aromatic rings. The van der Waals surface area contributed by atoms with Gasteiger partial charge in [-0.25, -0.2) is 9.98 Å². The Kier molecular flexibility index (Phi) is 2.36. The third-order valence-corrected chi connectivity index (χ3v) is 1.56. The largest absolute Gasteiger partial charge is 0.416 e. The standard InChI is InChI=1S/C8H7F3N2/c1-5-4-13-7(12-2)3-6(5)8(9,10)11/h3-4H,2H2,1H3. The number of hydrogen-bond acceptors (Lipinski definition) is 2. The first-order valence-electron chi connectivity index (χ1n) is 3.45. The number of pyridine rings is 1. The molecular formula is C8H7F3N2. The molecule has 0 saturated carbocycles. The van der Waals surface area contributed by atoms with E-state index < -0.39 is 11.7 Å². The molecule has 13 heavy (non-hydrogen) atoms. The Bertz CT molecular complexity index is 331. The average molecular weight is 188 g/mol. The van der Waals surface area contributed by atoms with Crippen LogP contribution in [-0.4, -0.2) is 11.7 Å². The lowest BCUT2D eigenvalue weighted by Crippen LogP contribution is -2.07. The molecule has 0 atom stereocenters. The third kappa shape index (κ3) is 2.05. The second-order valence-electron chi connectivity index (χ2n) is 2.51. The molecule has 0 fully saturated rings. The van der Waals surface area contributed by atoms with Crippen molar-refractivity contribution in [1.82, 2.24) is 4.98 Å². The van der Waals surface area contributed by atoms with Crippen LogP contribution in [0.2, 0.25) is 0 Å². The minimum atomic E-state index is -4.35. The van der Waals surface area contributed by atoms with Crippen LogP contribution >= 0.6 is 0 Å². The van der Waals surface area contributed by atoms with Crippen LogP contribution in [0.3, 0.4) is 0 Å². The SMILES string of the molecule is C=Nc1cc(C(F)(F)F)c(C)cn1. The molecule has 5 heteroatoms. The fourth-order valence-corrected chi connectivity index (χ4v) is 0.905. The Morgan fingerprint density at radius 2 is 2.08 bits per heavy atom. The molecule has 0 spiro atoms. The lowest BCUT2D eigenvalue weighted by molar-refractivity contribution is -0.138. The van der Waals surface area contributed by atoms with Crippen molar-refractivity contribution in [2.24, 2.45) is 4.99 Å². The van der Waals surface area contributed by atoms with E-state index in [4.69, 9.17) is 0 Å². The summed E-state index contributed by atoms with van der Waals surface area (Å²) in [5.41, 5.74) is -0.634. The van der Waals surface area contributed by atoms with Gasteiger partial charge in [0.15, 0.2) is 5.82 Å². The molecule has 0 unspecified atom stereocenters. The van der Waals surface area contributed by atoms with Crippen LogP contribution in [0.4, 0.5) is 19.0 Å². The van der Waals surface area contributed by atoms with Gasteiger partial charge in [-0.15, -0.1) is 0 Å². The average Bonchev–Trinajstić information content (AvgIpc) is 2.03. The van der Waals surface area contributed by atoms with Gasteiger partial charge < -0.3 is 0 Å². The molecular weight excluding hydrogens is 181 g/mol. The Labute approximate surface area is 73.1 Å². The van der Waals surface area contributed by atoms with E-state index in [1.165, 1.54) is 6.92 Å². The molecule has 0 aromatic carbocycles. The number of nitrogens with zero attached hydrogens (tertiary/aromatic N) is 2. The van der Waals surface area contributed by atoms with Crippen molar-refractivity contribution >= 4 is 12.5 Å². The summed E-state index contributed by atoms with van der Waals surface area (Å²) in [7, 11) is 0. The second kappa shape index (κ2) is 3.16. The summed E-state index contributed by atoms with van der Waals surface area (Å²) in [6.07, 6.45) is -3.22. The summed E-state index contributed by atoms with van der Waals surface area (Å²) >= 11 is 0. The van der Waals surface area contributed by atoms with E-state index in [1.54, 1.807) is 0 Å². The molecule has 1 heterocycles. The first-order chi connectivity index (χ1) is 5.95. The number of rotatable bonds is 1. The smallest absolute Gasteiger partial charge is 0.245 e. The van der Waals surface area contributed by atoms with Gasteiger partial charge in [-0.05, 0) is 25.3 Å². The highest BCUT2D eigenvalue weighted by atomic mass is 19.4. The zero-order valence-electron chi connectivity index (χ0n) is 6.89. The van der Waals surface area contributed by atoms with Crippen LogP contribution in [-0.2, 0) is 6.18 Å². The van der Waals surface area contributed by atoms with E-state index in [9.17, 15) is 13.2 Å². The summed E-state index contributed by atoms with van der Waals surface area (Å²) < 4.78 is 36.8. The molecule has 0 aliphatic carbocycles. The highest BCUT2D eigenvalue weighted by molar-refractivity contribution is 5.43. The van der Waals surface area contributed by atoms with Gasteiger partial charge >= 0.3 is 6.18 Å². The van der Waals surface area contributed by atoms with Crippen LogP contribution in [0.15, 0.2) is 17.3 Å². The quantitative estimate of drug-likeness (QED) is 0.622. The fourth-order valence-electron chi connectivity index (χ4n) is 0.905. The van der Waals surface area contributed by atoms with Crippen molar-refractivity contribution < 1.29 is 13.2 Å². The van der Waals surface area contributed by atoms with Crippen molar-refractivity contribution in [3.8, 4) is 0 Å². The lowest BCUT2D eigenvalue weighted by atomic mass is 10.1. The van der Waals surface area contributed by atoms with E-state index in [-0.39, 0.29) is 11.4 Å². The maximum absolute atomic E-state index is 12.3. The molecule has 0 saturated heterocycles. The van der Waals surface area contributed by atoms with E-state index in [1.807, 2.05) is 0 Å². The monoisotopic (exact) mass is 188 g/mol. The van der Waals surface area contributed by atoms with Crippen LogP contribution in [0, 0.1) is 6.92 Å². The highest BCUT2D eigenvalue weighted by Gasteiger charge is 2.32. The van der Waals surface area contributed by atoms with Crippen LogP contribution in [0.1, 0.15) is 11.1 Å². The normalized spacial score (nSPS) is 11.4. The van der Waals surface area contributed by atoms with Gasteiger partial charge in [0, 0.05) is 6.20 Å². The zero-order valence-corrected chi connectivity index (χ0v) is 6.89. The van der Waals surface area contributed by atoms with Crippen molar-refractivity contribution in [2.75, 3.05) is 0 Å². The Morgan fingerprint density at radius 3 is 2.54 bits per heavy atom. The maximum Gasteiger partial charge on any atom is 0.416 e. The lowest BCUT2D eigenvalue weighted by Gasteiger charge is -2.09. The fraction of sp³-hybridized carbons (Fsp3) is 0.250. The van der Waals surface area contributed by atoms with Gasteiger partial charge in [-0.3, -0.25) is 0 Å². The summed E-state index contributed by atoms with van der Waals surface area (Å²) in [4.78, 5) is 6.97. The molecule has 0 aliphatic heterocycles. The van der Waals surface area contributed by atoms with E-state index in [2.05, 4.69) is 16.7 Å².